The highest BCUT2D eigenvalue weighted by Gasteiger charge is 2.27. The van der Waals surface area contributed by atoms with Crippen LogP contribution in [0.25, 0.3) is 0 Å². The lowest BCUT2D eigenvalue weighted by molar-refractivity contribution is 0.286. The van der Waals surface area contributed by atoms with Gasteiger partial charge in [-0.15, -0.1) is 0 Å². The summed E-state index contributed by atoms with van der Waals surface area (Å²) < 4.78 is 21.5. The van der Waals surface area contributed by atoms with Crippen LogP contribution in [0, 0.1) is 6.92 Å². The molecule has 14 heavy (non-hydrogen) atoms. The van der Waals surface area contributed by atoms with Gasteiger partial charge >= 0.3 is 7.60 Å². The first-order valence-corrected chi connectivity index (χ1v) is 5.59. The first-order valence-electron chi connectivity index (χ1n) is 4.05. The molecule has 0 aliphatic rings. The molecule has 4 nitrogen and oxygen atoms in total. The summed E-state index contributed by atoms with van der Waals surface area (Å²) >= 11 is 0. The largest absolute Gasteiger partial charge is 0.507 e. The van der Waals surface area contributed by atoms with Gasteiger partial charge in [0.25, 0.3) is 0 Å². The fourth-order valence-electron chi connectivity index (χ4n) is 1.12. The van der Waals surface area contributed by atoms with Crippen molar-refractivity contribution in [1.82, 2.24) is 0 Å². The van der Waals surface area contributed by atoms with E-state index in [4.69, 9.17) is 9.05 Å². The van der Waals surface area contributed by atoms with Crippen LogP contribution in [-0.2, 0) is 13.6 Å². The molecule has 0 unspecified atom stereocenters. The second-order valence-electron chi connectivity index (χ2n) is 2.85. The van der Waals surface area contributed by atoms with Crippen LogP contribution in [0.2, 0.25) is 0 Å². The Balaban J connectivity index is 3.30. The quantitative estimate of drug-likeness (QED) is 0.783. The van der Waals surface area contributed by atoms with E-state index < -0.39 is 7.60 Å². The number of benzene rings is 1. The molecule has 0 aliphatic heterocycles. The molecule has 0 spiro atoms. The molecule has 0 saturated carbocycles. The summed E-state index contributed by atoms with van der Waals surface area (Å²) in [5.74, 6) is -0.0809. The maximum atomic E-state index is 11.9. The zero-order chi connectivity index (χ0) is 10.8. The van der Waals surface area contributed by atoms with E-state index in [0.29, 0.717) is 0 Å². The second-order valence-corrected chi connectivity index (χ2v) is 5.06. The van der Waals surface area contributed by atoms with Gasteiger partial charge in [-0.2, -0.15) is 0 Å². The summed E-state index contributed by atoms with van der Waals surface area (Å²) in [6, 6.07) is 4.77. The van der Waals surface area contributed by atoms with Gasteiger partial charge in [0.15, 0.2) is 0 Å². The van der Waals surface area contributed by atoms with Gasteiger partial charge < -0.3 is 14.2 Å². The number of aromatic hydroxyl groups is 1. The third-order valence-corrected chi connectivity index (χ3v) is 3.82. The number of rotatable bonds is 3. The van der Waals surface area contributed by atoms with E-state index in [1.54, 1.807) is 12.1 Å². The van der Waals surface area contributed by atoms with Crippen molar-refractivity contribution in [3.63, 3.8) is 0 Å². The number of hydrogen-bond donors (Lipinski definition) is 1. The normalized spacial score (nSPS) is 11.6. The summed E-state index contributed by atoms with van der Waals surface area (Å²) in [5, 5.41) is 9.70. The molecule has 5 heteroatoms. The molecule has 78 valence electrons. The predicted octanol–water partition coefficient (Wildman–Crippen LogP) is 1.81. The van der Waals surface area contributed by atoms with Gasteiger partial charge in [0, 0.05) is 14.2 Å². The molecule has 1 N–H and O–H groups in total. The number of phenolic OH excluding ortho intramolecular Hbond substituents is 1. The van der Waals surface area contributed by atoms with Gasteiger partial charge in [-0.25, -0.2) is 0 Å². The van der Waals surface area contributed by atoms with E-state index in [1.165, 1.54) is 20.3 Å². The average molecular weight is 216 g/mol. The van der Waals surface area contributed by atoms with E-state index in [0.717, 1.165) is 5.56 Å². The molecule has 1 aromatic rings. The first-order chi connectivity index (χ1) is 6.53. The van der Waals surface area contributed by atoms with Crippen molar-refractivity contribution in [2.45, 2.75) is 6.92 Å². The molecule has 0 atom stereocenters. The lowest BCUT2D eigenvalue weighted by Crippen LogP contribution is -2.08. The lowest BCUT2D eigenvalue weighted by atomic mass is 10.2. The van der Waals surface area contributed by atoms with Gasteiger partial charge in [-0.05, 0) is 24.6 Å². The monoisotopic (exact) mass is 216 g/mol. The zero-order valence-electron chi connectivity index (χ0n) is 8.35. The molecule has 1 rings (SSSR count). The molecule has 0 bridgehead atoms. The Hall–Kier alpha value is -0.830. The van der Waals surface area contributed by atoms with Crippen molar-refractivity contribution in [3.8, 4) is 5.75 Å². The highest BCUT2D eigenvalue weighted by Crippen LogP contribution is 2.47. The zero-order valence-corrected chi connectivity index (χ0v) is 9.25. The van der Waals surface area contributed by atoms with Gasteiger partial charge in [0.05, 0.1) is 0 Å². The van der Waals surface area contributed by atoms with Crippen LogP contribution in [-0.4, -0.2) is 19.3 Å². The second kappa shape index (κ2) is 4.13. The maximum absolute atomic E-state index is 11.9. The van der Waals surface area contributed by atoms with Crippen molar-refractivity contribution in [2.75, 3.05) is 14.2 Å². The van der Waals surface area contributed by atoms with Crippen LogP contribution in [0.1, 0.15) is 5.56 Å². The third-order valence-electron chi connectivity index (χ3n) is 1.91. The molecule has 0 radical (unpaired) electrons. The number of hydrogen-bond acceptors (Lipinski definition) is 4. The minimum absolute atomic E-state index is 0.0809. The molecule has 0 saturated heterocycles. The molecule has 0 aromatic heterocycles. The molecule has 0 amide bonds. The van der Waals surface area contributed by atoms with Crippen LogP contribution in [0.3, 0.4) is 0 Å². The number of phenols is 1. The highest BCUT2D eigenvalue weighted by molar-refractivity contribution is 7.62. The Bertz CT molecular complexity index is 367. The minimum Gasteiger partial charge on any atom is -0.507 e. The highest BCUT2D eigenvalue weighted by atomic mass is 31.2. The van der Waals surface area contributed by atoms with Crippen LogP contribution in [0.4, 0.5) is 0 Å². The molecular weight excluding hydrogens is 203 g/mol. The predicted molar refractivity (Wildman–Crippen MR) is 54.1 cm³/mol. The van der Waals surface area contributed by atoms with Crippen LogP contribution >= 0.6 is 7.60 Å². The molecule has 0 aliphatic carbocycles. The molecule has 1 aromatic carbocycles. The van der Waals surface area contributed by atoms with Crippen molar-refractivity contribution >= 4 is 12.9 Å². The van der Waals surface area contributed by atoms with Crippen LogP contribution < -0.4 is 5.30 Å². The van der Waals surface area contributed by atoms with Crippen molar-refractivity contribution in [1.29, 1.82) is 0 Å². The van der Waals surface area contributed by atoms with E-state index in [9.17, 15) is 9.67 Å². The van der Waals surface area contributed by atoms with E-state index in [-0.39, 0.29) is 11.1 Å². The molecule has 0 fully saturated rings. The fraction of sp³-hybridized carbons (Fsp3) is 0.333. The first kappa shape index (κ1) is 11.2. The van der Waals surface area contributed by atoms with E-state index >= 15 is 0 Å². The molecular formula is C9H13O4P. The molecule has 0 heterocycles. The van der Waals surface area contributed by atoms with Gasteiger partial charge in [-0.1, -0.05) is 6.07 Å². The smallest absolute Gasteiger partial charge is 0.364 e. The summed E-state index contributed by atoms with van der Waals surface area (Å²) in [6.45, 7) is 1.83. The summed E-state index contributed by atoms with van der Waals surface area (Å²) in [7, 11) is -0.781. The lowest BCUT2D eigenvalue weighted by Gasteiger charge is -2.15. The fourth-order valence-corrected chi connectivity index (χ4v) is 2.38. The Kier molecular flexibility index (Phi) is 3.32. The standard InChI is InChI=1S/C9H13O4P/c1-7-4-5-8(10)9(6-7)14(11,12-2)13-3/h4-6,10H,1-3H3. The van der Waals surface area contributed by atoms with Gasteiger partial charge in [-0.3, -0.25) is 4.57 Å². The van der Waals surface area contributed by atoms with Gasteiger partial charge in [0.2, 0.25) is 0 Å². The Morgan fingerprint density at radius 1 is 1.29 bits per heavy atom. The maximum Gasteiger partial charge on any atom is 0.364 e. The average Bonchev–Trinajstić information content (AvgIpc) is 2.20. The van der Waals surface area contributed by atoms with Crippen molar-refractivity contribution in [2.24, 2.45) is 0 Å². The SMILES string of the molecule is COP(=O)(OC)c1cc(C)ccc1O. The topological polar surface area (TPSA) is 55.8 Å². The summed E-state index contributed by atoms with van der Waals surface area (Å²) in [5.41, 5.74) is 0.882. The Morgan fingerprint density at radius 2 is 1.86 bits per heavy atom. The summed E-state index contributed by atoms with van der Waals surface area (Å²) in [4.78, 5) is 0. The van der Waals surface area contributed by atoms with Crippen LogP contribution in [0.15, 0.2) is 18.2 Å². The summed E-state index contributed by atoms with van der Waals surface area (Å²) in [6.07, 6.45) is 0. The van der Waals surface area contributed by atoms with Crippen molar-refractivity contribution < 1.29 is 18.7 Å². The Morgan fingerprint density at radius 3 is 2.36 bits per heavy atom. The minimum atomic E-state index is -3.35. The van der Waals surface area contributed by atoms with E-state index in [1.807, 2.05) is 6.92 Å². The van der Waals surface area contributed by atoms with Gasteiger partial charge in [0.1, 0.15) is 11.1 Å². The number of aryl methyl sites for hydroxylation is 1. The third kappa shape index (κ3) is 1.98. The van der Waals surface area contributed by atoms with Crippen LogP contribution in [0.5, 0.6) is 5.75 Å². The van der Waals surface area contributed by atoms with Crippen molar-refractivity contribution in [3.05, 3.63) is 23.8 Å². The van der Waals surface area contributed by atoms with E-state index in [2.05, 4.69) is 0 Å². The Labute approximate surface area is 83.0 Å².